The van der Waals surface area contributed by atoms with Gasteiger partial charge in [-0.2, -0.15) is 0 Å². The number of nitrogens with one attached hydrogen (secondary N) is 1. The highest BCUT2D eigenvalue weighted by Gasteiger charge is 2.22. The van der Waals surface area contributed by atoms with Crippen LogP contribution in [0.25, 0.3) is 0 Å². The summed E-state index contributed by atoms with van der Waals surface area (Å²) in [6.45, 7) is 11.4. The Kier molecular flexibility index (Phi) is 8.49. The molecule has 0 saturated heterocycles. The summed E-state index contributed by atoms with van der Waals surface area (Å²) in [5.74, 6) is 1.26. The minimum Gasteiger partial charge on any atom is -0.493 e. The monoisotopic (exact) mass is 328 g/mol. The fraction of sp³-hybridized carbons (Fsp3) is 0.588. The molecule has 0 aliphatic carbocycles. The third-order valence-corrected chi connectivity index (χ3v) is 3.34. The third kappa shape index (κ3) is 6.67. The molecule has 0 saturated carbocycles. The average molecular weight is 329 g/mol. The zero-order valence-corrected chi connectivity index (χ0v) is 15.0. The van der Waals surface area contributed by atoms with Crippen LogP contribution in [0.2, 0.25) is 0 Å². The van der Waals surface area contributed by atoms with E-state index in [4.69, 9.17) is 10.5 Å². The number of halogens is 1. The van der Waals surface area contributed by atoms with Crippen LogP contribution >= 0.6 is 12.4 Å². The van der Waals surface area contributed by atoms with Gasteiger partial charge in [-0.15, -0.1) is 12.4 Å². The molecule has 0 fully saturated rings. The highest BCUT2D eigenvalue weighted by molar-refractivity contribution is 5.85. The molecule has 1 aromatic rings. The van der Waals surface area contributed by atoms with E-state index in [-0.39, 0.29) is 23.7 Å². The van der Waals surface area contributed by atoms with Gasteiger partial charge in [0.15, 0.2) is 0 Å². The fourth-order valence-electron chi connectivity index (χ4n) is 1.84. The number of amides is 1. The van der Waals surface area contributed by atoms with Crippen molar-refractivity contribution in [2.75, 3.05) is 13.2 Å². The normalized spacial score (nSPS) is 12.5. The van der Waals surface area contributed by atoms with E-state index in [9.17, 15) is 4.79 Å². The molecule has 126 valence electrons. The number of carbonyl (C=O) groups is 1. The van der Waals surface area contributed by atoms with E-state index in [0.717, 1.165) is 11.3 Å². The molecule has 4 nitrogen and oxygen atoms in total. The van der Waals surface area contributed by atoms with Crippen LogP contribution in [0.15, 0.2) is 24.3 Å². The average Bonchev–Trinajstić information content (AvgIpc) is 2.43. The molecule has 0 aliphatic rings. The molecule has 0 aliphatic heterocycles. The van der Waals surface area contributed by atoms with E-state index in [2.05, 4.69) is 33.0 Å². The van der Waals surface area contributed by atoms with Crippen LogP contribution in [0, 0.1) is 5.92 Å². The largest absolute Gasteiger partial charge is 0.493 e. The first-order valence-electron chi connectivity index (χ1n) is 7.49. The molecule has 3 N–H and O–H groups in total. The van der Waals surface area contributed by atoms with Crippen molar-refractivity contribution in [1.82, 2.24) is 5.32 Å². The van der Waals surface area contributed by atoms with E-state index in [1.54, 1.807) is 6.92 Å². The SMILES string of the molecule is CC(C)COc1ccc(C(C)(C)CNC(=O)[C@H](C)N)cc1.Cl. The topological polar surface area (TPSA) is 64.3 Å². The number of nitrogens with two attached hydrogens (primary N) is 1. The summed E-state index contributed by atoms with van der Waals surface area (Å²) in [5, 5.41) is 2.88. The summed E-state index contributed by atoms with van der Waals surface area (Å²) in [4.78, 5) is 11.6. The lowest BCUT2D eigenvalue weighted by molar-refractivity contribution is -0.122. The Labute approximate surface area is 140 Å². The molecule has 0 unspecified atom stereocenters. The van der Waals surface area contributed by atoms with Gasteiger partial charge in [-0.25, -0.2) is 0 Å². The quantitative estimate of drug-likeness (QED) is 0.809. The van der Waals surface area contributed by atoms with Gasteiger partial charge in [-0.3, -0.25) is 4.79 Å². The first-order chi connectivity index (χ1) is 9.72. The predicted octanol–water partition coefficient (Wildman–Crippen LogP) is 2.88. The number of rotatable bonds is 7. The van der Waals surface area contributed by atoms with Crippen LogP contribution in [-0.2, 0) is 10.2 Å². The van der Waals surface area contributed by atoms with Crippen LogP contribution in [-0.4, -0.2) is 25.1 Å². The van der Waals surface area contributed by atoms with Crippen LogP contribution in [0.5, 0.6) is 5.75 Å². The molecule has 1 rings (SSSR count). The maximum absolute atomic E-state index is 11.6. The number of hydrogen-bond acceptors (Lipinski definition) is 3. The van der Waals surface area contributed by atoms with Crippen LogP contribution < -0.4 is 15.8 Å². The van der Waals surface area contributed by atoms with E-state index < -0.39 is 6.04 Å². The summed E-state index contributed by atoms with van der Waals surface area (Å²) in [7, 11) is 0. The summed E-state index contributed by atoms with van der Waals surface area (Å²) in [5.41, 5.74) is 6.56. The molecule has 1 atom stereocenters. The molecule has 1 amide bonds. The van der Waals surface area contributed by atoms with Gasteiger partial charge >= 0.3 is 0 Å². The van der Waals surface area contributed by atoms with Crippen molar-refractivity contribution in [2.45, 2.75) is 46.1 Å². The van der Waals surface area contributed by atoms with E-state index in [1.807, 2.05) is 24.3 Å². The van der Waals surface area contributed by atoms with Gasteiger partial charge in [0.1, 0.15) is 5.75 Å². The van der Waals surface area contributed by atoms with Crippen molar-refractivity contribution in [2.24, 2.45) is 11.7 Å². The Hall–Kier alpha value is -1.26. The Bertz CT molecular complexity index is 456. The molecule has 0 spiro atoms. The smallest absolute Gasteiger partial charge is 0.236 e. The molecular formula is C17H29ClN2O2. The molecule has 1 aromatic carbocycles. The highest BCUT2D eigenvalue weighted by Crippen LogP contribution is 2.24. The number of ether oxygens (including phenoxy) is 1. The minimum atomic E-state index is -0.479. The summed E-state index contributed by atoms with van der Waals surface area (Å²) in [6, 6.07) is 7.58. The zero-order chi connectivity index (χ0) is 16.0. The second kappa shape index (κ2) is 9.01. The van der Waals surface area contributed by atoms with Crippen molar-refractivity contribution >= 4 is 18.3 Å². The van der Waals surface area contributed by atoms with Gasteiger partial charge in [0.05, 0.1) is 12.6 Å². The van der Waals surface area contributed by atoms with Gasteiger partial charge in [-0.05, 0) is 30.5 Å². The summed E-state index contributed by atoms with van der Waals surface area (Å²) in [6.07, 6.45) is 0. The lowest BCUT2D eigenvalue weighted by atomic mass is 9.84. The van der Waals surface area contributed by atoms with Crippen LogP contribution in [0.3, 0.4) is 0 Å². The van der Waals surface area contributed by atoms with Crippen molar-refractivity contribution < 1.29 is 9.53 Å². The molecule has 22 heavy (non-hydrogen) atoms. The molecule has 0 heterocycles. The van der Waals surface area contributed by atoms with E-state index >= 15 is 0 Å². The van der Waals surface area contributed by atoms with Crippen molar-refractivity contribution in [1.29, 1.82) is 0 Å². The fourth-order valence-corrected chi connectivity index (χ4v) is 1.84. The maximum Gasteiger partial charge on any atom is 0.236 e. The summed E-state index contributed by atoms with van der Waals surface area (Å²) >= 11 is 0. The molecule has 0 aromatic heterocycles. The Balaban J connectivity index is 0.00000441. The molecule has 5 heteroatoms. The minimum absolute atomic E-state index is 0. The van der Waals surface area contributed by atoms with Gasteiger partial charge in [0, 0.05) is 12.0 Å². The van der Waals surface area contributed by atoms with Crippen LogP contribution in [0.4, 0.5) is 0 Å². The van der Waals surface area contributed by atoms with E-state index in [1.165, 1.54) is 0 Å². The second-order valence-corrected chi connectivity index (χ2v) is 6.62. The van der Waals surface area contributed by atoms with Gasteiger partial charge in [0.2, 0.25) is 5.91 Å². The molecule has 0 radical (unpaired) electrons. The van der Waals surface area contributed by atoms with Gasteiger partial charge in [-0.1, -0.05) is 39.8 Å². The number of hydrogen-bond donors (Lipinski definition) is 2. The Morgan fingerprint density at radius 3 is 2.23 bits per heavy atom. The zero-order valence-electron chi connectivity index (χ0n) is 14.2. The second-order valence-electron chi connectivity index (χ2n) is 6.62. The van der Waals surface area contributed by atoms with Gasteiger partial charge < -0.3 is 15.8 Å². The molecular weight excluding hydrogens is 300 g/mol. The standard InChI is InChI=1S/C17H28N2O2.ClH/c1-12(2)10-21-15-8-6-14(7-9-15)17(4,5)11-19-16(20)13(3)18;/h6-9,12-13H,10-11,18H2,1-5H3,(H,19,20);1H/t13-;/m0./s1. The maximum atomic E-state index is 11.6. The number of benzene rings is 1. The van der Waals surface area contributed by atoms with Crippen molar-refractivity contribution in [3.05, 3.63) is 29.8 Å². The highest BCUT2D eigenvalue weighted by atomic mass is 35.5. The Morgan fingerprint density at radius 2 is 1.77 bits per heavy atom. The summed E-state index contributed by atoms with van der Waals surface area (Å²) < 4.78 is 5.68. The van der Waals surface area contributed by atoms with Crippen molar-refractivity contribution in [3.8, 4) is 5.75 Å². The van der Waals surface area contributed by atoms with E-state index in [0.29, 0.717) is 19.1 Å². The van der Waals surface area contributed by atoms with Crippen molar-refractivity contribution in [3.63, 3.8) is 0 Å². The number of carbonyl (C=O) groups excluding carboxylic acids is 1. The Morgan fingerprint density at radius 1 is 1.23 bits per heavy atom. The molecule has 0 bridgehead atoms. The first-order valence-corrected chi connectivity index (χ1v) is 7.49. The predicted molar refractivity (Wildman–Crippen MR) is 93.7 cm³/mol. The lowest BCUT2D eigenvalue weighted by Gasteiger charge is -2.26. The third-order valence-electron chi connectivity index (χ3n) is 3.34. The first kappa shape index (κ1) is 20.7. The van der Waals surface area contributed by atoms with Crippen LogP contribution in [0.1, 0.15) is 40.2 Å². The lowest BCUT2D eigenvalue weighted by Crippen LogP contribution is -2.43. The van der Waals surface area contributed by atoms with Gasteiger partial charge in [0.25, 0.3) is 0 Å².